The molecule has 5 rings (SSSR count). The second-order valence-corrected chi connectivity index (χ2v) is 8.06. The van der Waals surface area contributed by atoms with Crippen LogP contribution in [-0.4, -0.2) is 61.2 Å². The average molecular weight is 476 g/mol. The van der Waals surface area contributed by atoms with Crippen molar-refractivity contribution in [1.29, 1.82) is 0 Å². The van der Waals surface area contributed by atoms with E-state index >= 15 is 0 Å². The average Bonchev–Trinajstić information content (AvgIpc) is 3.65. The fourth-order valence-electron chi connectivity index (χ4n) is 4.29. The molecule has 4 aromatic rings. The molecule has 35 heavy (non-hydrogen) atoms. The van der Waals surface area contributed by atoms with Gasteiger partial charge < -0.3 is 18.9 Å². The standard InChI is InChI=1S/C24H25N7O4/c1-4-34-22-16(7-5-9-25-22)23-28-21(29-35-23)18-8-6-12-30(18)24(32)17-14-20(33-3)15(2)13-19(17)31-26-10-11-27-31/h5,7,9-11,13-14,18H,4,6,8,12H2,1-3H3/t18-/m0/s1. The Morgan fingerprint density at radius 3 is 2.83 bits per heavy atom. The number of nitrogens with zero attached hydrogens (tertiary/aromatic N) is 7. The maximum atomic E-state index is 13.8. The fourth-order valence-corrected chi connectivity index (χ4v) is 4.29. The number of hydrogen-bond donors (Lipinski definition) is 0. The molecule has 0 bridgehead atoms. The first kappa shape index (κ1) is 22.5. The Morgan fingerprint density at radius 1 is 1.23 bits per heavy atom. The highest BCUT2D eigenvalue weighted by molar-refractivity contribution is 5.98. The van der Waals surface area contributed by atoms with Crippen LogP contribution >= 0.6 is 0 Å². The lowest BCUT2D eigenvalue weighted by atomic mass is 10.1. The van der Waals surface area contributed by atoms with E-state index in [0.717, 1.165) is 12.0 Å². The molecule has 0 spiro atoms. The summed E-state index contributed by atoms with van der Waals surface area (Å²) in [6.07, 6.45) is 6.32. The van der Waals surface area contributed by atoms with Crippen LogP contribution in [0.25, 0.3) is 17.1 Å². The number of amides is 1. The van der Waals surface area contributed by atoms with Crippen LogP contribution in [0.4, 0.5) is 0 Å². The van der Waals surface area contributed by atoms with E-state index < -0.39 is 0 Å². The number of methoxy groups -OCH3 is 1. The number of ether oxygens (including phenoxy) is 2. The quantitative estimate of drug-likeness (QED) is 0.396. The Morgan fingerprint density at radius 2 is 2.06 bits per heavy atom. The number of carbonyl (C=O) groups excluding carboxylic acids is 1. The highest BCUT2D eigenvalue weighted by Crippen LogP contribution is 2.36. The molecule has 4 heterocycles. The lowest BCUT2D eigenvalue weighted by Gasteiger charge is -2.24. The van der Waals surface area contributed by atoms with Crippen molar-refractivity contribution in [2.45, 2.75) is 32.7 Å². The van der Waals surface area contributed by atoms with Gasteiger partial charge in [-0.15, -0.1) is 0 Å². The van der Waals surface area contributed by atoms with E-state index in [-0.39, 0.29) is 11.9 Å². The third-order valence-corrected chi connectivity index (χ3v) is 5.91. The van der Waals surface area contributed by atoms with Crippen LogP contribution in [0.15, 0.2) is 47.4 Å². The van der Waals surface area contributed by atoms with Crippen LogP contribution in [0.2, 0.25) is 0 Å². The molecular formula is C24H25N7O4. The molecule has 3 aromatic heterocycles. The summed E-state index contributed by atoms with van der Waals surface area (Å²) >= 11 is 0. The highest BCUT2D eigenvalue weighted by atomic mass is 16.5. The number of likely N-dealkylation sites (tertiary alicyclic amines) is 1. The number of carbonyl (C=O) groups is 1. The Bertz CT molecular complexity index is 1340. The second-order valence-electron chi connectivity index (χ2n) is 8.06. The SMILES string of the molecule is CCOc1ncccc1-c1nc([C@@H]2CCCN2C(=O)c2cc(OC)c(C)cc2-n2nccn2)no1. The minimum Gasteiger partial charge on any atom is -0.496 e. The van der Waals surface area contributed by atoms with Crippen molar-refractivity contribution in [2.75, 3.05) is 20.3 Å². The van der Waals surface area contributed by atoms with E-state index in [1.54, 1.807) is 42.7 Å². The van der Waals surface area contributed by atoms with Gasteiger partial charge in [0.2, 0.25) is 5.88 Å². The summed E-state index contributed by atoms with van der Waals surface area (Å²) in [5, 5.41) is 12.7. The molecule has 0 radical (unpaired) electrons. The zero-order chi connectivity index (χ0) is 24.4. The molecule has 1 aromatic carbocycles. The Kier molecular flexibility index (Phi) is 6.13. The summed E-state index contributed by atoms with van der Waals surface area (Å²) in [4.78, 5) is 25.9. The maximum absolute atomic E-state index is 13.8. The normalized spacial score (nSPS) is 15.4. The number of aryl methyl sites for hydroxylation is 1. The summed E-state index contributed by atoms with van der Waals surface area (Å²) in [6.45, 7) is 4.82. The van der Waals surface area contributed by atoms with E-state index in [2.05, 4.69) is 25.3 Å². The Balaban J connectivity index is 1.49. The topological polar surface area (TPSA) is 121 Å². The number of aromatic nitrogens is 6. The van der Waals surface area contributed by atoms with Crippen molar-refractivity contribution in [3.63, 3.8) is 0 Å². The summed E-state index contributed by atoms with van der Waals surface area (Å²) in [7, 11) is 1.58. The zero-order valence-electron chi connectivity index (χ0n) is 19.7. The summed E-state index contributed by atoms with van der Waals surface area (Å²) in [6, 6.07) is 6.84. The number of benzene rings is 1. The second kappa shape index (κ2) is 9.53. The van der Waals surface area contributed by atoms with Gasteiger partial charge in [0.25, 0.3) is 11.8 Å². The van der Waals surface area contributed by atoms with E-state index in [4.69, 9.17) is 14.0 Å². The van der Waals surface area contributed by atoms with E-state index in [0.29, 0.717) is 59.7 Å². The van der Waals surface area contributed by atoms with Crippen molar-refractivity contribution in [3.8, 4) is 28.8 Å². The first-order valence-corrected chi connectivity index (χ1v) is 11.4. The van der Waals surface area contributed by atoms with Gasteiger partial charge >= 0.3 is 0 Å². The lowest BCUT2D eigenvalue weighted by molar-refractivity contribution is 0.0727. The molecular weight excluding hydrogens is 450 g/mol. The van der Waals surface area contributed by atoms with Crippen LogP contribution in [0.3, 0.4) is 0 Å². The summed E-state index contributed by atoms with van der Waals surface area (Å²) in [5.74, 6) is 1.60. The molecule has 1 saturated heterocycles. The molecule has 11 heteroatoms. The number of rotatable bonds is 7. The molecule has 1 amide bonds. The van der Waals surface area contributed by atoms with Gasteiger partial charge in [0.15, 0.2) is 5.82 Å². The molecule has 1 fully saturated rings. The van der Waals surface area contributed by atoms with Crippen LogP contribution < -0.4 is 9.47 Å². The highest BCUT2D eigenvalue weighted by Gasteiger charge is 2.36. The Hall–Kier alpha value is -4.28. The molecule has 0 N–H and O–H groups in total. The summed E-state index contributed by atoms with van der Waals surface area (Å²) in [5.41, 5.74) is 2.50. The molecule has 0 aliphatic carbocycles. The van der Waals surface area contributed by atoms with Gasteiger partial charge in [-0.2, -0.15) is 20.0 Å². The largest absolute Gasteiger partial charge is 0.496 e. The van der Waals surface area contributed by atoms with E-state index in [1.807, 2.05) is 26.0 Å². The molecule has 180 valence electrons. The van der Waals surface area contributed by atoms with Crippen molar-refractivity contribution >= 4 is 5.91 Å². The Labute approximate surface area is 201 Å². The van der Waals surface area contributed by atoms with Crippen molar-refractivity contribution in [2.24, 2.45) is 0 Å². The zero-order valence-corrected chi connectivity index (χ0v) is 19.7. The van der Waals surface area contributed by atoms with Gasteiger partial charge in [-0.25, -0.2) is 4.98 Å². The number of pyridine rings is 1. The lowest BCUT2D eigenvalue weighted by Crippen LogP contribution is -2.32. The first-order valence-electron chi connectivity index (χ1n) is 11.4. The van der Waals surface area contributed by atoms with Crippen molar-refractivity contribution in [1.82, 2.24) is 35.0 Å². The smallest absolute Gasteiger partial charge is 0.263 e. The van der Waals surface area contributed by atoms with Gasteiger partial charge in [0, 0.05) is 12.7 Å². The van der Waals surface area contributed by atoms with Crippen LogP contribution in [0, 0.1) is 6.92 Å². The molecule has 1 aliphatic rings. The minimum absolute atomic E-state index is 0.180. The van der Waals surface area contributed by atoms with Gasteiger partial charge in [0.05, 0.1) is 43.4 Å². The van der Waals surface area contributed by atoms with Crippen LogP contribution in [-0.2, 0) is 0 Å². The predicted octanol–water partition coefficient (Wildman–Crippen LogP) is 3.41. The van der Waals surface area contributed by atoms with E-state index in [9.17, 15) is 4.79 Å². The van der Waals surface area contributed by atoms with Crippen molar-refractivity contribution < 1.29 is 18.8 Å². The first-order chi connectivity index (χ1) is 17.1. The molecule has 0 unspecified atom stereocenters. The monoisotopic (exact) mass is 475 g/mol. The minimum atomic E-state index is -0.335. The van der Waals surface area contributed by atoms with Crippen LogP contribution in [0.1, 0.15) is 47.6 Å². The van der Waals surface area contributed by atoms with Gasteiger partial charge in [-0.3, -0.25) is 4.79 Å². The van der Waals surface area contributed by atoms with Gasteiger partial charge in [-0.1, -0.05) is 5.16 Å². The molecule has 1 aliphatic heterocycles. The van der Waals surface area contributed by atoms with E-state index in [1.165, 1.54) is 4.80 Å². The van der Waals surface area contributed by atoms with Gasteiger partial charge in [-0.05, 0) is 56.5 Å². The number of hydrogen-bond acceptors (Lipinski definition) is 9. The maximum Gasteiger partial charge on any atom is 0.263 e. The predicted molar refractivity (Wildman–Crippen MR) is 124 cm³/mol. The fraction of sp³-hybridized carbons (Fsp3) is 0.333. The summed E-state index contributed by atoms with van der Waals surface area (Å²) < 4.78 is 16.6. The van der Waals surface area contributed by atoms with Crippen molar-refractivity contribution in [3.05, 3.63) is 59.8 Å². The van der Waals surface area contributed by atoms with Crippen LogP contribution in [0.5, 0.6) is 11.6 Å². The third kappa shape index (κ3) is 4.20. The molecule has 11 nitrogen and oxygen atoms in total. The molecule has 1 atom stereocenters. The molecule has 0 saturated carbocycles. The third-order valence-electron chi connectivity index (χ3n) is 5.91. The van der Waals surface area contributed by atoms with Gasteiger partial charge in [0.1, 0.15) is 11.3 Å².